The summed E-state index contributed by atoms with van der Waals surface area (Å²) >= 11 is 0. The van der Waals surface area contributed by atoms with Crippen LogP contribution in [0, 0.1) is 11.8 Å². The maximum atomic E-state index is 12.5. The maximum Gasteiger partial charge on any atom is 0.225 e. The second kappa shape index (κ2) is 6.13. The first-order valence-corrected chi connectivity index (χ1v) is 9.33. The molecule has 1 saturated carbocycles. The number of aromatic nitrogens is 2. The number of likely N-dealkylation sites (tertiary alicyclic amines) is 1. The van der Waals surface area contributed by atoms with E-state index in [2.05, 4.69) is 23.3 Å². The molecule has 0 radical (unpaired) electrons. The van der Waals surface area contributed by atoms with E-state index in [0.717, 1.165) is 32.4 Å². The van der Waals surface area contributed by atoms with Gasteiger partial charge in [-0.15, -0.1) is 0 Å². The first-order chi connectivity index (χ1) is 11.9. The number of aryl methyl sites for hydroxylation is 1. The number of nitrogens with zero attached hydrogens (tertiary/aromatic N) is 3. The zero-order valence-electron chi connectivity index (χ0n) is 15.1. The smallest absolute Gasteiger partial charge is 0.225 e. The molecule has 0 bridgehead atoms. The highest BCUT2D eigenvalue weighted by Crippen LogP contribution is 2.39. The predicted octanol–water partition coefficient (Wildman–Crippen LogP) is 2.52. The summed E-state index contributed by atoms with van der Waals surface area (Å²) in [5.41, 5.74) is 1.92. The highest BCUT2D eigenvalue weighted by Gasteiger charge is 2.44. The average molecular weight is 341 g/mol. The molecule has 2 aromatic rings. The fraction of sp³-hybridized carbons (Fsp3) is 0.600. The van der Waals surface area contributed by atoms with Gasteiger partial charge >= 0.3 is 0 Å². The fourth-order valence-electron chi connectivity index (χ4n) is 4.44. The summed E-state index contributed by atoms with van der Waals surface area (Å²) in [4.78, 5) is 14.5. The lowest BCUT2D eigenvalue weighted by Crippen LogP contribution is -2.51. The molecular weight excluding hydrogens is 314 g/mol. The van der Waals surface area contributed by atoms with E-state index in [1.807, 2.05) is 29.7 Å². The number of fused-ring (bicyclic) bond motifs is 1. The number of carbonyl (C=O) groups is 1. The van der Waals surface area contributed by atoms with Gasteiger partial charge in [0.05, 0.1) is 17.3 Å². The minimum atomic E-state index is -0.622. The van der Waals surface area contributed by atoms with Crippen molar-refractivity contribution in [1.29, 1.82) is 0 Å². The van der Waals surface area contributed by atoms with Crippen LogP contribution in [0.25, 0.3) is 10.9 Å². The Bertz CT molecular complexity index is 779. The van der Waals surface area contributed by atoms with Crippen LogP contribution < -0.4 is 0 Å². The molecular formula is C20H27N3O2. The molecule has 1 N–H and O–H groups in total. The van der Waals surface area contributed by atoms with Gasteiger partial charge in [0.1, 0.15) is 0 Å². The van der Waals surface area contributed by atoms with Crippen LogP contribution >= 0.6 is 0 Å². The number of amides is 1. The predicted molar refractivity (Wildman–Crippen MR) is 97.1 cm³/mol. The van der Waals surface area contributed by atoms with Crippen molar-refractivity contribution in [2.75, 3.05) is 13.1 Å². The number of aliphatic hydroxyl groups is 1. The summed E-state index contributed by atoms with van der Waals surface area (Å²) in [5.74, 6) is 0.930. The maximum absolute atomic E-state index is 12.5. The van der Waals surface area contributed by atoms with E-state index in [1.54, 1.807) is 0 Å². The monoisotopic (exact) mass is 341 g/mol. The average Bonchev–Trinajstić information content (AvgIpc) is 2.93. The summed E-state index contributed by atoms with van der Waals surface area (Å²) in [6.45, 7) is 3.54. The first-order valence-electron chi connectivity index (χ1n) is 9.33. The van der Waals surface area contributed by atoms with Crippen molar-refractivity contribution in [3.63, 3.8) is 0 Å². The van der Waals surface area contributed by atoms with Crippen LogP contribution in [0.2, 0.25) is 0 Å². The van der Waals surface area contributed by atoms with Crippen LogP contribution in [0.5, 0.6) is 0 Å². The number of hydrogen-bond donors (Lipinski definition) is 1. The van der Waals surface area contributed by atoms with Crippen molar-refractivity contribution in [3.05, 3.63) is 30.0 Å². The van der Waals surface area contributed by atoms with Crippen molar-refractivity contribution in [2.45, 2.75) is 44.6 Å². The minimum Gasteiger partial charge on any atom is -0.390 e. The number of rotatable bonds is 3. The van der Waals surface area contributed by atoms with Crippen molar-refractivity contribution in [2.24, 2.45) is 18.9 Å². The van der Waals surface area contributed by atoms with Gasteiger partial charge in [0.2, 0.25) is 5.91 Å². The Morgan fingerprint density at radius 1 is 1.32 bits per heavy atom. The molecule has 134 valence electrons. The van der Waals surface area contributed by atoms with E-state index in [0.29, 0.717) is 18.8 Å². The molecule has 4 rings (SSSR count). The molecule has 5 heteroatoms. The van der Waals surface area contributed by atoms with Gasteiger partial charge in [0.15, 0.2) is 0 Å². The van der Waals surface area contributed by atoms with Crippen LogP contribution in [0.1, 0.15) is 38.2 Å². The van der Waals surface area contributed by atoms with Crippen molar-refractivity contribution in [3.8, 4) is 0 Å². The van der Waals surface area contributed by atoms with E-state index in [-0.39, 0.29) is 11.8 Å². The lowest BCUT2D eigenvalue weighted by atomic mass is 9.71. The van der Waals surface area contributed by atoms with Crippen LogP contribution in [0.15, 0.2) is 24.4 Å². The van der Waals surface area contributed by atoms with Gasteiger partial charge in [-0.05, 0) is 56.6 Å². The van der Waals surface area contributed by atoms with Crippen LogP contribution in [0.4, 0.5) is 0 Å². The Labute approximate surface area is 148 Å². The molecule has 1 aliphatic heterocycles. The number of piperidine rings is 1. The highest BCUT2D eigenvalue weighted by molar-refractivity contribution is 5.80. The topological polar surface area (TPSA) is 58.4 Å². The largest absolute Gasteiger partial charge is 0.390 e. The molecule has 1 aliphatic carbocycles. The second-order valence-electron chi connectivity index (χ2n) is 8.24. The van der Waals surface area contributed by atoms with Gasteiger partial charge in [-0.1, -0.05) is 12.1 Å². The molecule has 1 amide bonds. The second-order valence-corrected chi connectivity index (χ2v) is 8.24. The van der Waals surface area contributed by atoms with Gasteiger partial charge < -0.3 is 10.0 Å². The van der Waals surface area contributed by atoms with Crippen LogP contribution in [0.3, 0.4) is 0 Å². The molecule has 25 heavy (non-hydrogen) atoms. The molecule has 0 unspecified atom stereocenters. The number of benzene rings is 1. The molecule has 5 nitrogen and oxygen atoms in total. The standard InChI is InChI=1S/C20H27N3O2/c1-20(25)11-17(12-20)19(24)23-7-5-14(6-8-23)9-15-3-4-16-13-21-22(2)18(16)10-15/h3-4,10,13-14,17,25H,5-9,11-12H2,1-2H3. The van der Waals surface area contributed by atoms with E-state index >= 15 is 0 Å². The summed E-state index contributed by atoms with van der Waals surface area (Å²) in [6, 6.07) is 6.60. The summed E-state index contributed by atoms with van der Waals surface area (Å²) in [5, 5.41) is 15.3. The van der Waals surface area contributed by atoms with Crippen LogP contribution in [-0.4, -0.2) is 44.4 Å². The Morgan fingerprint density at radius 2 is 2.04 bits per heavy atom. The number of hydrogen-bond acceptors (Lipinski definition) is 3. The third-order valence-electron chi connectivity index (χ3n) is 5.99. The summed E-state index contributed by atoms with van der Waals surface area (Å²) in [6.07, 6.45) is 6.35. The normalized spacial score (nSPS) is 27.5. The Balaban J connectivity index is 1.32. The zero-order valence-corrected chi connectivity index (χ0v) is 15.1. The van der Waals surface area contributed by atoms with Crippen molar-refractivity contribution < 1.29 is 9.90 Å². The Kier molecular flexibility index (Phi) is 4.07. The van der Waals surface area contributed by atoms with Crippen molar-refractivity contribution >= 4 is 16.8 Å². The molecule has 2 heterocycles. The number of carbonyl (C=O) groups excluding carboxylic acids is 1. The third-order valence-corrected chi connectivity index (χ3v) is 5.99. The van der Waals surface area contributed by atoms with E-state index in [1.165, 1.54) is 16.5 Å². The summed E-state index contributed by atoms with van der Waals surface area (Å²) < 4.78 is 1.92. The Hall–Kier alpha value is -1.88. The SMILES string of the molecule is Cn1ncc2ccc(CC3CCN(C(=O)C4CC(C)(O)C4)CC3)cc21. The first kappa shape index (κ1) is 16.6. The molecule has 2 aliphatic rings. The zero-order chi connectivity index (χ0) is 17.6. The molecule has 1 saturated heterocycles. The molecule has 2 fully saturated rings. The lowest BCUT2D eigenvalue weighted by Gasteiger charge is -2.43. The van der Waals surface area contributed by atoms with Gasteiger partial charge in [0, 0.05) is 31.4 Å². The van der Waals surface area contributed by atoms with Gasteiger partial charge in [-0.2, -0.15) is 5.10 Å². The molecule has 0 atom stereocenters. The van der Waals surface area contributed by atoms with Crippen molar-refractivity contribution in [1.82, 2.24) is 14.7 Å². The lowest BCUT2D eigenvalue weighted by molar-refractivity contribution is -0.151. The molecule has 0 spiro atoms. The molecule has 1 aromatic heterocycles. The molecule has 1 aromatic carbocycles. The quantitative estimate of drug-likeness (QED) is 0.933. The van der Waals surface area contributed by atoms with E-state index in [4.69, 9.17) is 0 Å². The van der Waals surface area contributed by atoms with Gasteiger partial charge in [0.25, 0.3) is 0 Å². The minimum absolute atomic E-state index is 0.0406. The van der Waals surface area contributed by atoms with Gasteiger partial charge in [-0.3, -0.25) is 9.48 Å². The fourth-order valence-corrected chi connectivity index (χ4v) is 4.44. The van der Waals surface area contributed by atoms with Gasteiger partial charge in [-0.25, -0.2) is 0 Å². The Morgan fingerprint density at radius 3 is 2.72 bits per heavy atom. The van der Waals surface area contributed by atoms with E-state index < -0.39 is 5.60 Å². The van der Waals surface area contributed by atoms with E-state index in [9.17, 15) is 9.90 Å². The highest BCUT2D eigenvalue weighted by atomic mass is 16.3. The third kappa shape index (κ3) is 3.30. The van der Waals surface area contributed by atoms with Crippen LogP contribution in [-0.2, 0) is 18.3 Å². The summed E-state index contributed by atoms with van der Waals surface area (Å²) in [7, 11) is 1.98.